The lowest BCUT2D eigenvalue weighted by atomic mass is 10.3. The van der Waals surface area contributed by atoms with E-state index in [0.717, 1.165) is 0 Å². The number of hydrogen-bond donors (Lipinski definition) is 1. The van der Waals surface area contributed by atoms with Crippen LogP contribution in [0.15, 0.2) is 53.6 Å². The van der Waals surface area contributed by atoms with E-state index in [-0.39, 0.29) is 5.95 Å². The molecule has 0 atom stereocenters. The maximum atomic E-state index is 12.4. The quantitative estimate of drug-likeness (QED) is 0.584. The molecule has 23 heavy (non-hydrogen) atoms. The molecule has 0 saturated carbocycles. The van der Waals surface area contributed by atoms with Gasteiger partial charge in [0.15, 0.2) is 0 Å². The number of hydrogen-bond acceptors (Lipinski definition) is 6. The van der Waals surface area contributed by atoms with E-state index in [0.29, 0.717) is 22.2 Å². The summed E-state index contributed by atoms with van der Waals surface area (Å²) in [6.07, 6.45) is 3.19. The number of aryl methyl sites for hydroxylation is 1. The van der Waals surface area contributed by atoms with Crippen LogP contribution in [0.3, 0.4) is 0 Å². The summed E-state index contributed by atoms with van der Waals surface area (Å²) in [7, 11) is 0. The number of anilines is 2. The number of benzene rings is 1. The number of nitrogens with zero attached hydrogens (tertiary/aromatic N) is 5. The van der Waals surface area contributed by atoms with Crippen molar-refractivity contribution < 1.29 is 0 Å². The van der Waals surface area contributed by atoms with Gasteiger partial charge in [0.05, 0.1) is 11.4 Å². The highest BCUT2D eigenvalue weighted by atomic mass is 35.5. The number of hydrazine groups is 1. The molecule has 0 aliphatic rings. The van der Waals surface area contributed by atoms with Crippen molar-refractivity contribution in [2.24, 2.45) is 5.84 Å². The largest absolute Gasteiger partial charge is 0.356 e. The minimum Gasteiger partial charge on any atom is -0.265 e. The molecular formula is C15H13ClN6O. The Morgan fingerprint density at radius 3 is 2.35 bits per heavy atom. The molecule has 0 amide bonds. The molecule has 3 rings (SSSR count). The van der Waals surface area contributed by atoms with E-state index >= 15 is 0 Å². The number of halogens is 1. The first-order valence-electron chi connectivity index (χ1n) is 6.75. The monoisotopic (exact) mass is 328 g/mol. The minimum atomic E-state index is -0.473. The van der Waals surface area contributed by atoms with Crippen LogP contribution in [0.25, 0.3) is 5.69 Å². The molecule has 116 valence electrons. The second kappa shape index (κ2) is 6.15. The first-order valence-corrected chi connectivity index (χ1v) is 7.12. The molecule has 0 aliphatic heterocycles. The van der Waals surface area contributed by atoms with Crippen LogP contribution in [0.5, 0.6) is 0 Å². The molecule has 0 bridgehead atoms. The van der Waals surface area contributed by atoms with Crippen LogP contribution in [-0.4, -0.2) is 19.5 Å². The van der Waals surface area contributed by atoms with E-state index in [2.05, 4.69) is 15.0 Å². The van der Waals surface area contributed by atoms with Gasteiger partial charge < -0.3 is 0 Å². The molecule has 0 spiro atoms. The van der Waals surface area contributed by atoms with Crippen molar-refractivity contribution >= 4 is 23.2 Å². The summed E-state index contributed by atoms with van der Waals surface area (Å²) in [5.74, 6) is 6.56. The van der Waals surface area contributed by atoms with Crippen LogP contribution >= 0.6 is 11.6 Å². The van der Waals surface area contributed by atoms with Crippen LogP contribution in [-0.2, 0) is 0 Å². The molecule has 0 saturated heterocycles. The van der Waals surface area contributed by atoms with Gasteiger partial charge in [-0.2, -0.15) is 9.97 Å². The van der Waals surface area contributed by atoms with Crippen molar-refractivity contribution in [3.63, 3.8) is 0 Å². The molecule has 1 aromatic carbocycles. The number of aromatic nitrogens is 4. The summed E-state index contributed by atoms with van der Waals surface area (Å²) in [5, 5.41) is 1.82. The Kier molecular flexibility index (Phi) is 4.05. The summed E-state index contributed by atoms with van der Waals surface area (Å²) in [4.78, 5) is 24.5. The molecule has 0 aliphatic carbocycles. The smallest absolute Gasteiger partial charge is 0.265 e. The van der Waals surface area contributed by atoms with Gasteiger partial charge in [0.25, 0.3) is 5.95 Å². The zero-order chi connectivity index (χ0) is 16.4. The van der Waals surface area contributed by atoms with Gasteiger partial charge in [0.1, 0.15) is 5.82 Å². The highest BCUT2D eigenvalue weighted by Gasteiger charge is 2.13. The molecule has 2 N–H and O–H groups in total. The van der Waals surface area contributed by atoms with Crippen molar-refractivity contribution in [3.8, 4) is 5.69 Å². The Labute approximate surface area is 137 Å². The number of nitrogens with two attached hydrogens (primary N) is 1. The standard InChI is InChI=1S/C15H13ClN6O/c1-10-19-14(22(17)13-6-8-18-9-7-13)20-15(23)21(10)12-4-2-11(16)3-5-12/h2-9H,17H2,1H3. The van der Waals surface area contributed by atoms with Crippen LogP contribution in [0.4, 0.5) is 11.6 Å². The third kappa shape index (κ3) is 3.05. The summed E-state index contributed by atoms with van der Waals surface area (Å²) in [5.41, 5.74) is 0.790. The van der Waals surface area contributed by atoms with Gasteiger partial charge in [-0.1, -0.05) is 11.6 Å². The van der Waals surface area contributed by atoms with Gasteiger partial charge in [-0.15, -0.1) is 0 Å². The zero-order valence-corrected chi connectivity index (χ0v) is 13.0. The number of rotatable bonds is 3. The minimum absolute atomic E-state index is 0.115. The van der Waals surface area contributed by atoms with E-state index in [1.807, 2.05) is 0 Å². The fourth-order valence-electron chi connectivity index (χ4n) is 2.11. The van der Waals surface area contributed by atoms with E-state index in [9.17, 15) is 4.79 Å². The van der Waals surface area contributed by atoms with E-state index in [1.54, 1.807) is 55.7 Å². The normalized spacial score (nSPS) is 10.6. The molecular weight excluding hydrogens is 316 g/mol. The van der Waals surface area contributed by atoms with Crippen LogP contribution in [0.1, 0.15) is 5.82 Å². The van der Waals surface area contributed by atoms with Gasteiger partial charge in [-0.25, -0.2) is 20.2 Å². The Morgan fingerprint density at radius 2 is 1.74 bits per heavy atom. The predicted octanol–water partition coefficient (Wildman–Crippen LogP) is 2.00. The summed E-state index contributed by atoms with van der Waals surface area (Å²) in [6.45, 7) is 1.71. The summed E-state index contributed by atoms with van der Waals surface area (Å²) < 4.78 is 1.39. The Balaban J connectivity index is 2.04. The third-order valence-corrected chi connectivity index (χ3v) is 3.47. The Bertz CT molecular complexity index is 879. The van der Waals surface area contributed by atoms with E-state index < -0.39 is 5.69 Å². The fraction of sp³-hybridized carbons (Fsp3) is 0.0667. The number of pyridine rings is 1. The molecule has 0 unspecified atom stereocenters. The molecule has 2 heterocycles. The van der Waals surface area contributed by atoms with Gasteiger partial charge in [0, 0.05) is 17.4 Å². The topological polar surface area (TPSA) is 89.9 Å². The Hall–Kier alpha value is -2.77. The maximum Gasteiger partial charge on any atom is 0.356 e. The van der Waals surface area contributed by atoms with Gasteiger partial charge in [-0.3, -0.25) is 4.98 Å². The van der Waals surface area contributed by atoms with Crippen molar-refractivity contribution in [2.45, 2.75) is 6.92 Å². The van der Waals surface area contributed by atoms with Crippen LogP contribution < -0.4 is 16.5 Å². The molecule has 3 aromatic rings. The molecule has 8 heteroatoms. The lowest BCUT2D eigenvalue weighted by Gasteiger charge is -2.17. The highest BCUT2D eigenvalue weighted by molar-refractivity contribution is 6.30. The van der Waals surface area contributed by atoms with Crippen molar-refractivity contribution in [1.82, 2.24) is 19.5 Å². The zero-order valence-electron chi connectivity index (χ0n) is 12.2. The van der Waals surface area contributed by atoms with Gasteiger partial charge in [0.2, 0.25) is 0 Å². The molecule has 7 nitrogen and oxygen atoms in total. The van der Waals surface area contributed by atoms with E-state index in [4.69, 9.17) is 17.4 Å². The molecule has 0 fully saturated rings. The van der Waals surface area contributed by atoms with Crippen LogP contribution in [0, 0.1) is 6.92 Å². The second-order valence-electron chi connectivity index (χ2n) is 4.74. The Morgan fingerprint density at radius 1 is 1.09 bits per heavy atom. The average molecular weight is 329 g/mol. The first kappa shape index (κ1) is 15.1. The van der Waals surface area contributed by atoms with Gasteiger partial charge in [-0.05, 0) is 43.3 Å². The SMILES string of the molecule is Cc1nc(N(N)c2ccncc2)nc(=O)n1-c1ccc(Cl)cc1. The van der Waals surface area contributed by atoms with Crippen molar-refractivity contribution in [2.75, 3.05) is 5.01 Å². The molecule has 2 aromatic heterocycles. The summed E-state index contributed by atoms with van der Waals surface area (Å²) >= 11 is 5.87. The lowest BCUT2D eigenvalue weighted by Crippen LogP contribution is -2.33. The van der Waals surface area contributed by atoms with E-state index in [1.165, 1.54) is 9.58 Å². The predicted molar refractivity (Wildman–Crippen MR) is 87.9 cm³/mol. The highest BCUT2D eigenvalue weighted by Crippen LogP contribution is 2.17. The van der Waals surface area contributed by atoms with Crippen LogP contribution in [0.2, 0.25) is 5.02 Å². The fourth-order valence-corrected chi connectivity index (χ4v) is 2.23. The first-order chi connectivity index (χ1) is 11.1. The van der Waals surface area contributed by atoms with Crippen molar-refractivity contribution in [1.29, 1.82) is 0 Å². The second-order valence-corrected chi connectivity index (χ2v) is 5.18. The maximum absolute atomic E-state index is 12.4. The summed E-state index contributed by atoms with van der Waals surface area (Å²) in [6, 6.07) is 10.2. The van der Waals surface area contributed by atoms with Crippen molar-refractivity contribution in [3.05, 3.63) is 70.1 Å². The third-order valence-electron chi connectivity index (χ3n) is 3.21. The molecule has 0 radical (unpaired) electrons. The average Bonchev–Trinajstić information content (AvgIpc) is 2.56. The lowest BCUT2D eigenvalue weighted by molar-refractivity contribution is 0.791. The van der Waals surface area contributed by atoms with Gasteiger partial charge >= 0.3 is 5.69 Å².